The average molecular weight is 479 g/mol. The average Bonchev–Trinajstić information content (AvgIpc) is 3.31. The molecule has 0 bridgehead atoms. The molecule has 0 saturated carbocycles. The van der Waals surface area contributed by atoms with Crippen LogP contribution in [0.1, 0.15) is 5.76 Å². The predicted octanol–water partition coefficient (Wildman–Crippen LogP) is -0.447. The molecule has 1 fully saturated rings. The number of esters is 1. The number of carbonyl (C=O) groups is 5. The standard InChI is InChI=1S/C19H17N3O10S/c1-30-12(25)5-4-9-8-33-18-14(17(27)22(18)15(9)19(28)29)20-16(26)13(10-3-2-6-31-10)21-32-7-11(23)24/h2-6,14,18H,7-8H2,1H3,(H,20,26)(H,23,24)(H,28,29)/b5-4+,21-13?/t14-,18-/m1/s1. The van der Waals surface area contributed by atoms with Gasteiger partial charge in [0, 0.05) is 11.8 Å². The second-order valence-corrected chi connectivity index (χ2v) is 7.59. The maximum atomic E-state index is 12.7. The van der Waals surface area contributed by atoms with Crippen molar-refractivity contribution >= 4 is 47.2 Å². The van der Waals surface area contributed by atoms with Crippen LogP contribution in [0, 0.1) is 0 Å². The number of allylic oxidation sites excluding steroid dienone is 1. The number of furan rings is 1. The van der Waals surface area contributed by atoms with Gasteiger partial charge in [0.1, 0.15) is 17.1 Å². The van der Waals surface area contributed by atoms with Crippen LogP contribution in [-0.2, 0) is 33.5 Å². The van der Waals surface area contributed by atoms with Crippen LogP contribution in [-0.4, -0.2) is 81.4 Å². The van der Waals surface area contributed by atoms with Crippen molar-refractivity contribution in [2.75, 3.05) is 19.5 Å². The molecule has 2 aliphatic heterocycles. The number of aliphatic carboxylic acids is 2. The molecule has 2 amide bonds. The SMILES string of the molecule is COC(=O)/C=C/C1=C(C(=O)O)N2C(=O)[C@@H](NC(=O)C(=NOCC(=O)O)c3ccco3)[C@H]2SC1. The van der Waals surface area contributed by atoms with Crippen LogP contribution in [0.2, 0.25) is 0 Å². The predicted molar refractivity (Wildman–Crippen MR) is 110 cm³/mol. The zero-order valence-corrected chi connectivity index (χ0v) is 17.7. The summed E-state index contributed by atoms with van der Waals surface area (Å²) < 4.78 is 9.59. The van der Waals surface area contributed by atoms with E-state index in [0.717, 1.165) is 11.0 Å². The van der Waals surface area contributed by atoms with E-state index in [0.29, 0.717) is 0 Å². The van der Waals surface area contributed by atoms with E-state index in [1.165, 1.54) is 43.3 Å². The molecule has 0 spiro atoms. The lowest BCUT2D eigenvalue weighted by atomic mass is 10.0. The number of hydrogen-bond donors (Lipinski definition) is 3. The lowest BCUT2D eigenvalue weighted by molar-refractivity contribution is -0.150. The Labute approximate surface area is 189 Å². The highest BCUT2D eigenvalue weighted by atomic mass is 32.2. The van der Waals surface area contributed by atoms with Gasteiger partial charge < -0.3 is 29.5 Å². The highest BCUT2D eigenvalue weighted by Crippen LogP contribution is 2.40. The number of carboxylic acids is 2. The number of oxime groups is 1. The Hall–Kier alpha value is -4.07. The summed E-state index contributed by atoms with van der Waals surface area (Å²) in [5.41, 5.74) is -0.477. The van der Waals surface area contributed by atoms with Crippen LogP contribution in [0.25, 0.3) is 0 Å². The Morgan fingerprint density at radius 2 is 2.12 bits per heavy atom. The maximum Gasteiger partial charge on any atom is 0.352 e. The zero-order chi connectivity index (χ0) is 24.1. The molecule has 0 radical (unpaired) electrons. The monoisotopic (exact) mass is 479 g/mol. The number of carboxylic acid groups (broad SMARTS) is 2. The van der Waals surface area contributed by atoms with E-state index in [4.69, 9.17) is 9.52 Å². The summed E-state index contributed by atoms with van der Waals surface area (Å²) in [6.45, 7) is -0.805. The van der Waals surface area contributed by atoms with Gasteiger partial charge in [-0.3, -0.25) is 14.5 Å². The van der Waals surface area contributed by atoms with E-state index < -0.39 is 53.5 Å². The van der Waals surface area contributed by atoms with Gasteiger partial charge in [-0.1, -0.05) is 5.16 Å². The summed E-state index contributed by atoms with van der Waals surface area (Å²) >= 11 is 1.18. The van der Waals surface area contributed by atoms with E-state index in [1.807, 2.05) is 0 Å². The van der Waals surface area contributed by atoms with Crippen LogP contribution < -0.4 is 5.32 Å². The number of β-lactam (4-membered cyclic amide) rings is 1. The number of nitrogens with one attached hydrogen (secondary N) is 1. The topological polar surface area (TPSA) is 185 Å². The number of carbonyl (C=O) groups excluding carboxylic acids is 3. The van der Waals surface area contributed by atoms with Crippen molar-refractivity contribution < 1.29 is 48.2 Å². The van der Waals surface area contributed by atoms with E-state index in [9.17, 15) is 29.1 Å². The summed E-state index contributed by atoms with van der Waals surface area (Å²) in [5, 5.41) is 23.5. The number of rotatable bonds is 9. The molecule has 14 heteroatoms. The van der Waals surface area contributed by atoms with Crippen molar-refractivity contribution in [2.24, 2.45) is 5.16 Å². The minimum absolute atomic E-state index is 0.0285. The van der Waals surface area contributed by atoms with E-state index in [2.05, 4.69) is 20.0 Å². The van der Waals surface area contributed by atoms with Crippen LogP contribution in [0.3, 0.4) is 0 Å². The van der Waals surface area contributed by atoms with Gasteiger partial charge in [0.15, 0.2) is 5.76 Å². The Balaban J connectivity index is 1.78. The fourth-order valence-corrected chi connectivity index (χ4v) is 4.30. The van der Waals surface area contributed by atoms with Crippen LogP contribution in [0.5, 0.6) is 0 Å². The van der Waals surface area contributed by atoms with Crippen molar-refractivity contribution in [1.29, 1.82) is 0 Å². The molecule has 13 nitrogen and oxygen atoms in total. The largest absolute Gasteiger partial charge is 0.479 e. The zero-order valence-electron chi connectivity index (χ0n) is 16.9. The van der Waals surface area contributed by atoms with Crippen molar-refractivity contribution in [3.63, 3.8) is 0 Å². The lowest BCUT2D eigenvalue weighted by Crippen LogP contribution is -2.71. The summed E-state index contributed by atoms with van der Waals surface area (Å²) in [4.78, 5) is 64.8. The number of methoxy groups -OCH3 is 1. The molecule has 33 heavy (non-hydrogen) atoms. The lowest BCUT2D eigenvalue weighted by Gasteiger charge is -2.49. The molecular weight excluding hydrogens is 462 g/mol. The molecule has 1 saturated heterocycles. The van der Waals surface area contributed by atoms with Crippen LogP contribution in [0.4, 0.5) is 0 Å². The number of hydrogen-bond acceptors (Lipinski definition) is 10. The summed E-state index contributed by atoms with van der Waals surface area (Å²) in [6, 6.07) is 1.77. The van der Waals surface area contributed by atoms with Crippen molar-refractivity contribution in [3.05, 3.63) is 47.6 Å². The molecule has 174 valence electrons. The summed E-state index contributed by atoms with van der Waals surface area (Å²) in [7, 11) is 1.17. The Bertz CT molecular complexity index is 1080. The van der Waals surface area contributed by atoms with Crippen LogP contribution >= 0.6 is 11.8 Å². The first-order valence-electron chi connectivity index (χ1n) is 9.18. The van der Waals surface area contributed by atoms with Crippen molar-refractivity contribution in [2.45, 2.75) is 11.4 Å². The first-order chi connectivity index (χ1) is 15.7. The third-order valence-electron chi connectivity index (χ3n) is 4.42. The van der Waals surface area contributed by atoms with Crippen molar-refractivity contribution in [3.8, 4) is 0 Å². The van der Waals surface area contributed by atoms with E-state index in [1.54, 1.807) is 0 Å². The molecule has 3 N–H and O–H groups in total. The first-order valence-corrected chi connectivity index (χ1v) is 10.2. The molecule has 3 rings (SSSR count). The second-order valence-electron chi connectivity index (χ2n) is 6.48. The molecule has 0 aromatic carbocycles. The van der Waals surface area contributed by atoms with E-state index >= 15 is 0 Å². The molecule has 1 aromatic rings. The fourth-order valence-electron chi connectivity index (χ4n) is 2.98. The molecule has 1 aromatic heterocycles. The van der Waals surface area contributed by atoms with Gasteiger partial charge in [-0.15, -0.1) is 11.8 Å². The highest BCUT2D eigenvalue weighted by Gasteiger charge is 2.54. The number of nitrogens with zero attached hydrogens (tertiary/aromatic N) is 2. The van der Waals surface area contributed by atoms with Crippen LogP contribution in [0.15, 0.2) is 51.4 Å². The fraction of sp³-hybridized carbons (Fsp3) is 0.263. The van der Waals surface area contributed by atoms with Gasteiger partial charge in [0.25, 0.3) is 11.8 Å². The molecule has 0 unspecified atom stereocenters. The maximum absolute atomic E-state index is 12.7. The highest BCUT2D eigenvalue weighted by molar-refractivity contribution is 8.00. The first kappa shape index (κ1) is 23.6. The van der Waals surface area contributed by atoms with Gasteiger partial charge in [-0.25, -0.2) is 14.4 Å². The number of fused-ring (bicyclic) bond motifs is 1. The molecule has 3 heterocycles. The van der Waals surface area contributed by atoms with E-state index in [-0.39, 0.29) is 22.8 Å². The molecule has 2 aliphatic rings. The third-order valence-corrected chi connectivity index (χ3v) is 5.72. The van der Waals surface area contributed by atoms with Gasteiger partial charge >= 0.3 is 17.9 Å². The Morgan fingerprint density at radius 3 is 2.73 bits per heavy atom. The Kier molecular flexibility index (Phi) is 7.17. The normalized spacial score (nSPS) is 20.2. The van der Waals surface area contributed by atoms with Gasteiger partial charge in [0.2, 0.25) is 12.3 Å². The summed E-state index contributed by atoms with van der Waals surface area (Å²) in [5.74, 6) is -4.82. The minimum Gasteiger partial charge on any atom is -0.479 e. The summed E-state index contributed by atoms with van der Waals surface area (Å²) in [6.07, 6.45) is 3.57. The number of thioether (sulfide) groups is 1. The number of ether oxygens (including phenoxy) is 1. The second kappa shape index (κ2) is 10.0. The van der Waals surface area contributed by atoms with Gasteiger partial charge in [-0.05, 0) is 23.8 Å². The van der Waals surface area contributed by atoms with Gasteiger partial charge in [-0.2, -0.15) is 0 Å². The third kappa shape index (κ3) is 5.06. The minimum atomic E-state index is -1.37. The quantitative estimate of drug-likeness (QED) is 0.137. The van der Waals surface area contributed by atoms with Crippen molar-refractivity contribution in [1.82, 2.24) is 10.2 Å². The molecule has 0 aliphatic carbocycles. The Morgan fingerprint density at radius 1 is 1.36 bits per heavy atom. The smallest absolute Gasteiger partial charge is 0.352 e. The molecule has 2 atom stereocenters. The van der Waals surface area contributed by atoms with Gasteiger partial charge in [0.05, 0.1) is 13.4 Å². The molecular formula is C19H17N3O10S. The number of amides is 2.